The summed E-state index contributed by atoms with van der Waals surface area (Å²) in [5, 5.41) is 2.49. The lowest BCUT2D eigenvalue weighted by Gasteiger charge is -2.29. The second-order valence-electron chi connectivity index (χ2n) is 14.9. The second kappa shape index (κ2) is 16.0. The van der Waals surface area contributed by atoms with E-state index in [-0.39, 0.29) is 0 Å². The van der Waals surface area contributed by atoms with Crippen LogP contribution in [0.2, 0.25) is 0 Å². The minimum atomic E-state index is 1.09. The Balaban J connectivity index is 1.11. The Kier molecular flexibility index (Phi) is 9.68. The lowest BCUT2D eigenvalue weighted by atomic mass is 9.86. The van der Waals surface area contributed by atoms with Gasteiger partial charge in [0.25, 0.3) is 0 Å². The Bertz CT molecular complexity index is 2940. The van der Waals surface area contributed by atoms with Crippen LogP contribution in [0.3, 0.4) is 0 Å². The molecule has 0 aliphatic carbocycles. The first-order valence-corrected chi connectivity index (χ1v) is 20.3. The van der Waals surface area contributed by atoms with E-state index in [1.54, 1.807) is 0 Å². The van der Waals surface area contributed by atoms with Crippen LogP contribution in [0.25, 0.3) is 77.5 Å². The van der Waals surface area contributed by atoms with Crippen molar-refractivity contribution >= 4 is 27.8 Å². The standard InChI is InChI=1S/C58H41N/c1-3-17-42(18-4-1)45-33-37-49(38-34-45)59(50-39-35-46(36-40-50)43-19-5-2-6-20-43)58-30-16-15-29-57(58)56-28-14-13-27-55(56)54-26-12-11-25-53(54)52-24-10-9-23-51(52)48-32-31-44-21-7-8-22-47(44)41-48/h1-41H. The van der Waals surface area contributed by atoms with Crippen LogP contribution in [-0.4, -0.2) is 0 Å². The average molecular weight is 752 g/mol. The zero-order valence-corrected chi connectivity index (χ0v) is 32.6. The summed E-state index contributed by atoms with van der Waals surface area (Å²) < 4.78 is 0. The molecule has 0 aliphatic rings. The van der Waals surface area contributed by atoms with Crippen molar-refractivity contribution in [3.63, 3.8) is 0 Å². The van der Waals surface area contributed by atoms with Crippen molar-refractivity contribution in [3.05, 3.63) is 249 Å². The van der Waals surface area contributed by atoms with Gasteiger partial charge in [0.05, 0.1) is 5.69 Å². The van der Waals surface area contributed by atoms with E-state index in [2.05, 4.69) is 254 Å². The molecule has 0 amide bonds. The van der Waals surface area contributed by atoms with Crippen LogP contribution < -0.4 is 4.90 Å². The molecule has 0 N–H and O–H groups in total. The lowest BCUT2D eigenvalue weighted by Crippen LogP contribution is -2.11. The summed E-state index contributed by atoms with van der Waals surface area (Å²) in [6.45, 7) is 0. The van der Waals surface area contributed by atoms with Gasteiger partial charge in [-0.2, -0.15) is 0 Å². The van der Waals surface area contributed by atoms with Crippen LogP contribution in [0.5, 0.6) is 0 Å². The minimum absolute atomic E-state index is 1.09. The Morgan fingerprint density at radius 1 is 0.203 bits per heavy atom. The third kappa shape index (κ3) is 7.12. The number of para-hydroxylation sites is 1. The van der Waals surface area contributed by atoms with Gasteiger partial charge < -0.3 is 4.90 Å². The molecule has 10 aromatic rings. The monoisotopic (exact) mass is 751 g/mol. The van der Waals surface area contributed by atoms with E-state index in [1.807, 2.05) is 0 Å². The zero-order valence-electron chi connectivity index (χ0n) is 32.6. The van der Waals surface area contributed by atoms with Gasteiger partial charge in [-0.1, -0.05) is 212 Å². The van der Waals surface area contributed by atoms with Gasteiger partial charge in [-0.15, -0.1) is 0 Å². The molecular weight excluding hydrogens is 711 g/mol. The normalized spacial score (nSPS) is 11.1. The highest BCUT2D eigenvalue weighted by atomic mass is 15.1. The Labute approximate surface area is 346 Å². The molecule has 0 heterocycles. The fourth-order valence-corrected chi connectivity index (χ4v) is 8.42. The van der Waals surface area contributed by atoms with Crippen LogP contribution >= 0.6 is 0 Å². The largest absolute Gasteiger partial charge is 0.310 e. The number of fused-ring (bicyclic) bond motifs is 1. The van der Waals surface area contributed by atoms with E-state index >= 15 is 0 Å². The van der Waals surface area contributed by atoms with Crippen molar-refractivity contribution in [1.29, 1.82) is 0 Å². The molecule has 10 rings (SSSR count). The maximum Gasteiger partial charge on any atom is 0.0540 e. The van der Waals surface area contributed by atoms with E-state index in [0.717, 1.165) is 22.6 Å². The predicted molar refractivity (Wildman–Crippen MR) is 251 cm³/mol. The van der Waals surface area contributed by atoms with Crippen LogP contribution in [0.4, 0.5) is 17.1 Å². The summed E-state index contributed by atoms with van der Waals surface area (Å²) in [4.78, 5) is 2.40. The number of benzene rings is 10. The van der Waals surface area contributed by atoms with E-state index in [0.29, 0.717) is 0 Å². The number of nitrogens with zero attached hydrogens (tertiary/aromatic N) is 1. The number of hydrogen-bond donors (Lipinski definition) is 0. The summed E-state index contributed by atoms with van der Waals surface area (Å²) in [6.07, 6.45) is 0. The fourth-order valence-electron chi connectivity index (χ4n) is 8.42. The molecule has 10 aromatic carbocycles. The minimum Gasteiger partial charge on any atom is -0.310 e. The molecule has 0 spiro atoms. The highest BCUT2D eigenvalue weighted by Gasteiger charge is 2.21. The summed E-state index contributed by atoms with van der Waals surface area (Å²) >= 11 is 0. The van der Waals surface area contributed by atoms with Crippen molar-refractivity contribution in [3.8, 4) is 66.8 Å². The van der Waals surface area contributed by atoms with Crippen LogP contribution in [-0.2, 0) is 0 Å². The molecular formula is C58H41N. The maximum atomic E-state index is 2.40. The van der Waals surface area contributed by atoms with Crippen LogP contribution in [0.15, 0.2) is 249 Å². The summed E-state index contributed by atoms with van der Waals surface area (Å²) in [7, 11) is 0. The van der Waals surface area contributed by atoms with Crippen molar-refractivity contribution in [2.24, 2.45) is 0 Å². The highest BCUT2D eigenvalue weighted by molar-refractivity contribution is 6.00. The quantitative estimate of drug-likeness (QED) is 0.142. The average Bonchev–Trinajstić information content (AvgIpc) is 3.33. The fraction of sp³-hybridized carbons (Fsp3) is 0. The van der Waals surface area contributed by atoms with Crippen molar-refractivity contribution in [2.45, 2.75) is 0 Å². The molecule has 0 saturated heterocycles. The van der Waals surface area contributed by atoms with Gasteiger partial charge in [-0.25, -0.2) is 0 Å². The van der Waals surface area contributed by atoms with Gasteiger partial charge >= 0.3 is 0 Å². The first-order valence-electron chi connectivity index (χ1n) is 20.3. The van der Waals surface area contributed by atoms with Gasteiger partial charge in [0, 0.05) is 16.9 Å². The van der Waals surface area contributed by atoms with E-state index in [9.17, 15) is 0 Å². The molecule has 0 atom stereocenters. The number of anilines is 3. The van der Waals surface area contributed by atoms with Gasteiger partial charge in [0.2, 0.25) is 0 Å². The molecule has 1 heteroatoms. The molecule has 0 radical (unpaired) electrons. The third-order valence-electron chi connectivity index (χ3n) is 11.3. The Morgan fingerprint density at radius 3 is 1.05 bits per heavy atom. The Morgan fingerprint density at radius 2 is 0.542 bits per heavy atom. The lowest BCUT2D eigenvalue weighted by molar-refractivity contribution is 1.28. The van der Waals surface area contributed by atoms with Gasteiger partial charge in [0.1, 0.15) is 0 Å². The molecule has 59 heavy (non-hydrogen) atoms. The highest BCUT2D eigenvalue weighted by Crippen LogP contribution is 2.46. The van der Waals surface area contributed by atoms with Crippen LogP contribution in [0, 0.1) is 0 Å². The summed E-state index contributed by atoms with van der Waals surface area (Å²) in [6, 6.07) is 89.9. The third-order valence-corrected chi connectivity index (χ3v) is 11.3. The van der Waals surface area contributed by atoms with Gasteiger partial charge in [0.15, 0.2) is 0 Å². The Hall–Kier alpha value is -7.74. The molecule has 0 unspecified atom stereocenters. The van der Waals surface area contributed by atoms with Crippen LogP contribution in [0.1, 0.15) is 0 Å². The second-order valence-corrected chi connectivity index (χ2v) is 14.9. The molecule has 0 aromatic heterocycles. The summed E-state index contributed by atoms with van der Waals surface area (Å²) in [5.41, 5.74) is 17.6. The molecule has 1 nitrogen and oxygen atoms in total. The SMILES string of the molecule is c1ccc(-c2ccc(N(c3ccc(-c4ccccc4)cc3)c3ccccc3-c3ccccc3-c3ccccc3-c3ccccc3-c3ccc4ccccc4c3)cc2)cc1. The molecule has 0 aliphatic heterocycles. The number of hydrogen-bond acceptors (Lipinski definition) is 1. The first-order chi connectivity index (χ1) is 29.3. The molecule has 0 bridgehead atoms. The topological polar surface area (TPSA) is 3.24 Å². The van der Waals surface area contributed by atoms with E-state index in [1.165, 1.54) is 72.0 Å². The zero-order chi connectivity index (χ0) is 39.4. The summed E-state index contributed by atoms with van der Waals surface area (Å²) in [5.74, 6) is 0. The van der Waals surface area contributed by atoms with E-state index in [4.69, 9.17) is 0 Å². The van der Waals surface area contributed by atoms with E-state index < -0.39 is 0 Å². The maximum absolute atomic E-state index is 2.40. The predicted octanol–water partition coefficient (Wildman–Crippen LogP) is 16.3. The number of rotatable bonds is 9. The van der Waals surface area contributed by atoms with Crippen molar-refractivity contribution < 1.29 is 0 Å². The molecule has 0 saturated carbocycles. The van der Waals surface area contributed by atoms with Crippen molar-refractivity contribution in [1.82, 2.24) is 0 Å². The first kappa shape index (κ1) is 35.7. The molecule has 278 valence electrons. The van der Waals surface area contributed by atoms with Gasteiger partial charge in [-0.3, -0.25) is 0 Å². The smallest absolute Gasteiger partial charge is 0.0540 e. The molecule has 0 fully saturated rings. The van der Waals surface area contributed by atoms with Crippen molar-refractivity contribution in [2.75, 3.05) is 4.90 Å². The van der Waals surface area contributed by atoms with Gasteiger partial charge in [-0.05, 0) is 108 Å².